The number of nitrogens with one attached hydrogen (secondary N) is 1. The van der Waals surface area contributed by atoms with Gasteiger partial charge in [0.05, 0.1) is 6.42 Å². The van der Waals surface area contributed by atoms with Gasteiger partial charge < -0.3 is 10.1 Å². The number of esters is 1. The average molecular weight is 249 g/mol. The van der Waals surface area contributed by atoms with Crippen LogP contribution in [0, 0.1) is 13.8 Å². The molecule has 0 heterocycles. The molecule has 0 aliphatic carbocycles. The lowest BCUT2D eigenvalue weighted by Crippen LogP contribution is -2.25. The van der Waals surface area contributed by atoms with Crippen molar-refractivity contribution >= 4 is 11.7 Å². The second-order valence-corrected chi connectivity index (χ2v) is 5.51. The van der Waals surface area contributed by atoms with Gasteiger partial charge in [0.15, 0.2) is 0 Å². The Labute approximate surface area is 110 Å². The molecular formula is C15H23NO2. The zero-order valence-electron chi connectivity index (χ0n) is 12.0. The molecule has 1 aromatic carbocycles. The predicted molar refractivity (Wildman–Crippen MR) is 74.9 cm³/mol. The van der Waals surface area contributed by atoms with Gasteiger partial charge in [-0.2, -0.15) is 0 Å². The zero-order valence-corrected chi connectivity index (χ0v) is 12.0. The van der Waals surface area contributed by atoms with Crippen LogP contribution in [0.15, 0.2) is 18.2 Å². The Morgan fingerprint density at radius 2 is 1.94 bits per heavy atom. The van der Waals surface area contributed by atoms with Crippen molar-refractivity contribution in [2.75, 3.05) is 11.9 Å². The molecule has 18 heavy (non-hydrogen) atoms. The van der Waals surface area contributed by atoms with Crippen LogP contribution in [0.4, 0.5) is 5.69 Å². The van der Waals surface area contributed by atoms with E-state index in [9.17, 15) is 4.79 Å². The third-order valence-electron chi connectivity index (χ3n) is 2.67. The Morgan fingerprint density at radius 3 is 2.56 bits per heavy atom. The first-order valence-electron chi connectivity index (χ1n) is 6.31. The van der Waals surface area contributed by atoms with E-state index in [0.717, 1.165) is 5.69 Å². The molecule has 0 aliphatic heterocycles. The van der Waals surface area contributed by atoms with Crippen LogP contribution in [0.25, 0.3) is 0 Å². The van der Waals surface area contributed by atoms with Gasteiger partial charge in [-0.15, -0.1) is 0 Å². The average Bonchev–Trinajstić information content (AvgIpc) is 2.21. The molecule has 1 aromatic rings. The standard InChI is InChI=1S/C15H23NO2/c1-11-7-6-8-13(12(11)2)16-10-9-14(17)18-15(3,4)5/h6-8,16H,9-10H2,1-5H3. The number of hydrogen-bond acceptors (Lipinski definition) is 3. The van der Waals surface area contributed by atoms with Gasteiger partial charge in [0.1, 0.15) is 5.60 Å². The SMILES string of the molecule is Cc1cccc(NCCC(=O)OC(C)(C)C)c1C. The van der Waals surface area contributed by atoms with E-state index < -0.39 is 5.60 Å². The summed E-state index contributed by atoms with van der Waals surface area (Å²) < 4.78 is 5.25. The highest BCUT2D eigenvalue weighted by Gasteiger charge is 2.15. The minimum absolute atomic E-state index is 0.166. The van der Waals surface area contributed by atoms with Crippen molar-refractivity contribution < 1.29 is 9.53 Å². The van der Waals surface area contributed by atoms with Gasteiger partial charge in [0.2, 0.25) is 0 Å². The number of carbonyl (C=O) groups excluding carboxylic acids is 1. The maximum absolute atomic E-state index is 11.5. The maximum atomic E-state index is 11.5. The lowest BCUT2D eigenvalue weighted by Gasteiger charge is -2.19. The first kappa shape index (κ1) is 14.6. The van der Waals surface area contributed by atoms with Crippen LogP contribution in [-0.2, 0) is 9.53 Å². The molecule has 3 heteroatoms. The van der Waals surface area contributed by atoms with E-state index in [4.69, 9.17) is 4.74 Å². The summed E-state index contributed by atoms with van der Waals surface area (Å²) >= 11 is 0. The molecule has 0 radical (unpaired) electrons. The molecule has 1 N–H and O–H groups in total. The van der Waals surface area contributed by atoms with E-state index in [1.54, 1.807) is 0 Å². The van der Waals surface area contributed by atoms with Crippen LogP contribution in [0.5, 0.6) is 0 Å². The molecule has 0 saturated carbocycles. The fraction of sp³-hybridized carbons (Fsp3) is 0.533. The van der Waals surface area contributed by atoms with Crippen molar-refractivity contribution in [1.82, 2.24) is 0 Å². The molecule has 0 amide bonds. The Balaban J connectivity index is 2.43. The van der Waals surface area contributed by atoms with E-state index in [0.29, 0.717) is 13.0 Å². The number of aryl methyl sites for hydroxylation is 1. The van der Waals surface area contributed by atoms with Crippen LogP contribution in [0.1, 0.15) is 38.3 Å². The Kier molecular flexibility index (Phi) is 4.76. The van der Waals surface area contributed by atoms with Crippen LogP contribution in [-0.4, -0.2) is 18.1 Å². The molecule has 0 aliphatic rings. The van der Waals surface area contributed by atoms with Crippen molar-refractivity contribution in [3.63, 3.8) is 0 Å². The quantitative estimate of drug-likeness (QED) is 0.831. The maximum Gasteiger partial charge on any atom is 0.308 e. The van der Waals surface area contributed by atoms with Crippen molar-refractivity contribution in [3.8, 4) is 0 Å². The Morgan fingerprint density at radius 1 is 1.28 bits per heavy atom. The van der Waals surface area contributed by atoms with Gasteiger partial charge in [0, 0.05) is 12.2 Å². The largest absolute Gasteiger partial charge is 0.460 e. The smallest absolute Gasteiger partial charge is 0.308 e. The summed E-state index contributed by atoms with van der Waals surface area (Å²) in [6.45, 7) is 10.4. The number of hydrogen-bond donors (Lipinski definition) is 1. The van der Waals surface area contributed by atoms with Crippen LogP contribution >= 0.6 is 0 Å². The van der Waals surface area contributed by atoms with Crippen molar-refractivity contribution in [2.24, 2.45) is 0 Å². The molecule has 100 valence electrons. The molecule has 3 nitrogen and oxygen atoms in total. The molecule has 0 spiro atoms. The number of carbonyl (C=O) groups is 1. The monoisotopic (exact) mass is 249 g/mol. The highest BCUT2D eigenvalue weighted by molar-refractivity contribution is 5.70. The molecule has 0 saturated heterocycles. The molecule has 0 bridgehead atoms. The van der Waals surface area contributed by atoms with Crippen molar-refractivity contribution in [2.45, 2.75) is 46.6 Å². The molecule has 0 unspecified atom stereocenters. The summed E-state index contributed by atoms with van der Waals surface area (Å²) in [5, 5.41) is 3.27. The van der Waals surface area contributed by atoms with Crippen LogP contribution < -0.4 is 5.32 Å². The Hall–Kier alpha value is -1.51. The van der Waals surface area contributed by atoms with Gasteiger partial charge in [0.25, 0.3) is 0 Å². The molecule has 0 atom stereocenters. The van der Waals surface area contributed by atoms with Gasteiger partial charge >= 0.3 is 5.97 Å². The van der Waals surface area contributed by atoms with E-state index in [-0.39, 0.29) is 5.97 Å². The number of anilines is 1. The summed E-state index contributed by atoms with van der Waals surface area (Å²) in [6.07, 6.45) is 0.380. The normalized spacial score (nSPS) is 11.2. The van der Waals surface area contributed by atoms with Crippen LogP contribution in [0.2, 0.25) is 0 Å². The number of ether oxygens (including phenoxy) is 1. The molecule has 0 fully saturated rings. The van der Waals surface area contributed by atoms with Crippen LogP contribution in [0.3, 0.4) is 0 Å². The highest BCUT2D eigenvalue weighted by Crippen LogP contribution is 2.17. The fourth-order valence-electron chi connectivity index (χ4n) is 1.63. The zero-order chi connectivity index (χ0) is 13.8. The topological polar surface area (TPSA) is 38.3 Å². The molecular weight excluding hydrogens is 226 g/mol. The first-order valence-corrected chi connectivity index (χ1v) is 6.31. The third-order valence-corrected chi connectivity index (χ3v) is 2.67. The first-order chi connectivity index (χ1) is 8.29. The summed E-state index contributed by atoms with van der Waals surface area (Å²) in [5.74, 6) is -0.166. The van der Waals surface area contributed by atoms with Gasteiger partial charge in [-0.3, -0.25) is 4.79 Å². The van der Waals surface area contributed by atoms with Gasteiger partial charge in [-0.1, -0.05) is 12.1 Å². The van der Waals surface area contributed by atoms with Gasteiger partial charge in [-0.05, 0) is 51.8 Å². The third kappa shape index (κ3) is 4.78. The van der Waals surface area contributed by atoms with Gasteiger partial charge in [-0.25, -0.2) is 0 Å². The second kappa shape index (κ2) is 5.89. The minimum Gasteiger partial charge on any atom is -0.460 e. The second-order valence-electron chi connectivity index (χ2n) is 5.51. The number of rotatable bonds is 4. The summed E-state index contributed by atoms with van der Waals surface area (Å²) in [7, 11) is 0. The van der Waals surface area contributed by atoms with E-state index in [2.05, 4.69) is 25.2 Å². The summed E-state index contributed by atoms with van der Waals surface area (Å²) in [6, 6.07) is 6.12. The number of benzene rings is 1. The lowest BCUT2D eigenvalue weighted by atomic mass is 10.1. The fourth-order valence-corrected chi connectivity index (χ4v) is 1.63. The van der Waals surface area contributed by atoms with E-state index in [1.807, 2.05) is 32.9 Å². The molecule has 0 aromatic heterocycles. The van der Waals surface area contributed by atoms with Crippen molar-refractivity contribution in [1.29, 1.82) is 0 Å². The molecule has 1 rings (SSSR count). The van der Waals surface area contributed by atoms with E-state index in [1.165, 1.54) is 11.1 Å². The predicted octanol–water partition coefficient (Wildman–Crippen LogP) is 3.45. The minimum atomic E-state index is -0.406. The summed E-state index contributed by atoms with van der Waals surface area (Å²) in [4.78, 5) is 11.5. The van der Waals surface area contributed by atoms with Crippen molar-refractivity contribution in [3.05, 3.63) is 29.3 Å². The highest BCUT2D eigenvalue weighted by atomic mass is 16.6. The van der Waals surface area contributed by atoms with E-state index >= 15 is 0 Å². The lowest BCUT2D eigenvalue weighted by molar-refractivity contribution is -0.154. The summed E-state index contributed by atoms with van der Waals surface area (Å²) in [5.41, 5.74) is 3.15. The Bertz CT molecular complexity index is 419.